The molecule has 1 aromatic heterocycles. The van der Waals surface area contributed by atoms with Crippen LogP contribution in [-0.4, -0.2) is 10.9 Å². The van der Waals surface area contributed by atoms with E-state index in [0.29, 0.717) is 17.3 Å². The van der Waals surface area contributed by atoms with Gasteiger partial charge in [0.1, 0.15) is 5.69 Å². The number of aromatic amines is 1. The Morgan fingerprint density at radius 2 is 2.11 bits per heavy atom. The number of amides is 1. The van der Waals surface area contributed by atoms with Crippen molar-refractivity contribution in [3.63, 3.8) is 0 Å². The molecular formula is C14H17N3O. The molecule has 1 aromatic carbocycles. The normalized spacial score (nSPS) is 10.6. The lowest BCUT2D eigenvalue weighted by atomic mass is 10.0. The Balaban J connectivity index is 2.14. The zero-order valence-electron chi connectivity index (χ0n) is 10.5. The fourth-order valence-corrected chi connectivity index (χ4v) is 1.72. The number of H-pyrrole nitrogens is 1. The van der Waals surface area contributed by atoms with Crippen LogP contribution in [0.2, 0.25) is 0 Å². The fraction of sp³-hybridized carbons (Fsp3) is 0.214. The van der Waals surface area contributed by atoms with Gasteiger partial charge in [-0.05, 0) is 29.7 Å². The minimum atomic E-state index is -0.187. The molecule has 0 aliphatic rings. The van der Waals surface area contributed by atoms with E-state index < -0.39 is 0 Å². The number of nitrogens with two attached hydrogens (primary N) is 1. The van der Waals surface area contributed by atoms with Gasteiger partial charge in [0.2, 0.25) is 0 Å². The predicted octanol–water partition coefficient (Wildman–Crippen LogP) is 2.97. The SMILES string of the molecule is CC(C)c1cccc(NC(=O)c2cc(N)c[nH]2)c1. The molecule has 2 aromatic rings. The van der Waals surface area contributed by atoms with Crippen molar-refractivity contribution >= 4 is 17.3 Å². The summed E-state index contributed by atoms with van der Waals surface area (Å²) >= 11 is 0. The standard InChI is InChI=1S/C14H17N3O/c1-9(2)10-4-3-5-12(6-10)17-14(18)13-7-11(15)8-16-13/h3-9,16H,15H2,1-2H3,(H,17,18). The van der Waals surface area contributed by atoms with Crippen LogP contribution >= 0.6 is 0 Å². The second kappa shape index (κ2) is 4.96. The maximum absolute atomic E-state index is 11.9. The van der Waals surface area contributed by atoms with Crippen molar-refractivity contribution in [2.24, 2.45) is 0 Å². The molecule has 1 amide bonds. The van der Waals surface area contributed by atoms with E-state index >= 15 is 0 Å². The van der Waals surface area contributed by atoms with Crippen LogP contribution in [0.1, 0.15) is 35.8 Å². The second-order valence-electron chi connectivity index (χ2n) is 4.58. The zero-order valence-corrected chi connectivity index (χ0v) is 10.5. The van der Waals surface area contributed by atoms with Gasteiger partial charge in [0, 0.05) is 17.6 Å². The van der Waals surface area contributed by atoms with Gasteiger partial charge in [0.15, 0.2) is 0 Å². The average molecular weight is 243 g/mol. The molecule has 0 spiro atoms. The third-order valence-electron chi connectivity index (χ3n) is 2.76. The molecule has 0 radical (unpaired) electrons. The number of nitrogen functional groups attached to an aromatic ring is 1. The quantitative estimate of drug-likeness (QED) is 0.775. The molecule has 4 nitrogen and oxygen atoms in total. The first-order valence-corrected chi connectivity index (χ1v) is 5.91. The van der Waals surface area contributed by atoms with Crippen LogP contribution in [0.25, 0.3) is 0 Å². The molecule has 0 bridgehead atoms. The molecule has 0 saturated carbocycles. The highest BCUT2D eigenvalue weighted by Crippen LogP contribution is 2.19. The molecule has 94 valence electrons. The van der Waals surface area contributed by atoms with Gasteiger partial charge in [0.05, 0.1) is 0 Å². The van der Waals surface area contributed by atoms with E-state index in [9.17, 15) is 4.79 Å². The number of rotatable bonds is 3. The molecule has 4 N–H and O–H groups in total. The van der Waals surface area contributed by atoms with E-state index in [2.05, 4.69) is 24.1 Å². The maximum atomic E-state index is 11.9. The Morgan fingerprint density at radius 3 is 2.72 bits per heavy atom. The third kappa shape index (κ3) is 2.71. The number of benzene rings is 1. The average Bonchev–Trinajstić information content (AvgIpc) is 2.76. The maximum Gasteiger partial charge on any atom is 0.272 e. The molecule has 1 heterocycles. The van der Waals surface area contributed by atoms with E-state index in [1.54, 1.807) is 12.3 Å². The highest BCUT2D eigenvalue weighted by Gasteiger charge is 2.08. The summed E-state index contributed by atoms with van der Waals surface area (Å²) in [5, 5.41) is 2.84. The van der Waals surface area contributed by atoms with Crippen molar-refractivity contribution < 1.29 is 4.79 Å². The van der Waals surface area contributed by atoms with E-state index in [0.717, 1.165) is 5.69 Å². The van der Waals surface area contributed by atoms with Gasteiger partial charge < -0.3 is 16.0 Å². The largest absolute Gasteiger partial charge is 0.397 e. The number of aromatic nitrogens is 1. The van der Waals surface area contributed by atoms with Gasteiger partial charge in [-0.3, -0.25) is 4.79 Å². The lowest BCUT2D eigenvalue weighted by molar-refractivity contribution is 0.102. The van der Waals surface area contributed by atoms with Gasteiger partial charge in [-0.2, -0.15) is 0 Å². The third-order valence-corrected chi connectivity index (χ3v) is 2.76. The minimum Gasteiger partial charge on any atom is -0.397 e. The van der Waals surface area contributed by atoms with Gasteiger partial charge >= 0.3 is 0 Å². The summed E-state index contributed by atoms with van der Waals surface area (Å²) < 4.78 is 0. The first-order chi connectivity index (χ1) is 8.56. The topological polar surface area (TPSA) is 70.9 Å². The van der Waals surface area contributed by atoms with Crippen molar-refractivity contribution in [3.8, 4) is 0 Å². The summed E-state index contributed by atoms with van der Waals surface area (Å²) in [7, 11) is 0. The van der Waals surface area contributed by atoms with Gasteiger partial charge in [0.25, 0.3) is 5.91 Å². The number of nitrogens with one attached hydrogen (secondary N) is 2. The van der Waals surface area contributed by atoms with Crippen LogP contribution in [0, 0.1) is 0 Å². The van der Waals surface area contributed by atoms with Gasteiger partial charge in [-0.25, -0.2) is 0 Å². The van der Waals surface area contributed by atoms with Crippen LogP contribution in [0.15, 0.2) is 36.5 Å². The Morgan fingerprint density at radius 1 is 1.33 bits per heavy atom. The van der Waals surface area contributed by atoms with E-state index in [-0.39, 0.29) is 5.91 Å². The number of hydrogen-bond acceptors (Lipinski definition) is 2. The summed E-state index contributed by atoms with van der Waals surface area (Å²) in [6, 6.07) is 9.45. The van der Waals surface area contributed by atoms with E-state index in [1.165, 1.54) is 5.56 Å². The Labute approximate surface area is 106 Å². The molecule has 18 heavy (non-hydrogen) atoms. The van der Waals surface area contributed by atoms with Crippen LogP contribution in [0.4, 0.5) is 11.4 Å². The summed E-state index contributed by atoms with van der Waals surface area (Å²) in [5.41, 5.74) is 8.56. The number of hydrogen-bond donors (Lipinski definition) is 3. The highest BCUT2D eigenvalue weighted by molar-refractivity contribution is 6.03. The summed E-state index contributed by atoms with van der Waals surface area (Å²) in [4.78, 5) is 14.7. The molecule has 0 aliphatic heterocycles. The first kappa shape index (κ1) is 12.2. The second-order valence-corrected chi connectivity index (χ2v) is 4.58. The van der Waals surface area contributed by atoms with Crippen molar-refractivity contribution in [1.82, 2.24) is 4.98 Å². The van der Waals surface area contributed by atoms with Crippen LogP contribution < -0.4 is 11.1 Å². The van der Waals surface area contributed by atoms with E-state index in [1.807, 2.05) is 24.3 Å². The molecule has 0 saturated heterocycles. The lowest BCUT2D eigenvalue weighted by Gasteiger charge is -2.08. The van der Waals surface area contributed by atoms with Crippen molar-refractivity contribution in [2.75, 3.05) is 11.1 Å². The smallest absolute Gasteiger partial charge is 0.272 e. The van der Waals surface area contributed by atoms with Crippen LogP contribution in [0.5, 0.6) is 0 Å². The molecule has 4 heteroatoms. The fourth-order valence-electron chi connectivity index (χ4n) is 1.72. The Kier molecular flexibility index (Phi) is 3.37. The first-order valence-electron chi connectivity index (χ1n) is 5.91. The van der Waals surface area contributed by atoms with E-state index in [4.69, 9.17) is 5.73 Å². The van der Waals surface area contributed by atoms with Crippen molar-refractivity contribution in [3.05, 3.63) is 47.8 Å². The minimum absolute atomic E-state index is 0.187. The number of anilines is 2. The summed E-state index contributed by atoms with van der Waals surface area (Å²) in [5.74, 6) is 0.246. The highest BCUT2D eigenvalue weighted by atomic mass is 16.1. The molecule has 0 fully saturated rings. The zero-order chi connectivity index (χ0) is 13.1. The Hall–Kier alpha value is -2.23. The Bertz CT molecular complexity index is 558. The molecular weight excluding hydrogens is 226 g/mol. The predicted molar refractivity (Wildman–Crippen MR) is 73.7 cm³/mol. The van der Waals surface area contributed by atoms with Crippen LogP contribution in [0.3, 0.4) is 0 Å². The summed E-state index contributed by atoms with van der Waals surface area (Å²) in [6.45, 7) is 4.24. The monoisotopic (exact) mass is 243 g/mol. The molecule has 0 aliphatic carbocycles. The molecule has 2 rings (SSSR count). The molecule has 0 unspecified atom stereocenters. The lowest BCUT2D eigenvalue weighted by Crippen LogP contribution is -2.12. The number of carbonyl (C=O) groups excluding carboxylic acids is 1. The molecule has 0 atom stereocenters. The van der Waals surface area contributed by atoms with Gasteiger partial charge in [-0.1, -0.05) is 26.0 Å². The summed E-state index contributed by atoms with van der Waals surface area (Å²) in [6.07, 6.45) is 1.60. The van der Waals surface area contributed by atoms with Crippen molar-refractivity contribution in [1.29, 1.82) is 0 Å². The number of carbonyl (C=O) groups is 1. The van der Waals surface area contributed by atoms with Crippen LogP contribution in [-0.2, 0) is 0 Å². The van der Waals surface area contributed by atoms with Gasteiger partial charge in [-0.15, -0.1) is 0 Å². The van der Waals surface area contributed by atoms with Crippen molar-refractivity contribution in [2.45, 2.75) is 19.8 Å².